The molecule has 4 aromatic heterocycles. The fourth-order valence-corrected chi connectivity index (χ4v) is 2.41. The average Bonchev–Trinajstić information content (AvgIpc) is 2.69. The number of pyridine rings is 3. The minimum absolute atomic E-state index is 0.241. The summed E-state index contributed by atoms with van der Waals surface area (Å²) in [4.78, 5) is 55.0. The molecule has 4 rings (SSSR count). The molecule has 0 aliphatic heterocycles. The van der Waals surface area contributed by atoms with Crippen molar-refractivity contribution in [3.05, 3.63) is 86.1 Å². The maximum atomic E-state index is 11.3. The van der Waals surface area contributed by atoms with E-state index in [4.69, 9.17) is 0 Å². The van der Waals surface area contributed by atoms with Gasteiger partial charge in [-0.1, -0.05) is 0 Å². The van der Waals surface area contributed by atoms with Crippen LogP contribution in [0.3, 0.4) is 0 Å². The Hall–Kier alpha value is -4.14. The highest BCUT2D eigenvalue weighted by atomic mass is 16.1. The van der Waals surface area contributed by atoms with Gasteiger partial charge in [0.15, 0.2) is 17.5 Å². The number of hydrogen-bond donors (Lipinski definition) is 3. The van der Waals surface area contributed by atoms with Crippen molar-refractivity contribution in [3.63, 3.8) is 0 Å². The topological polar surface area (TPSA) is 137 Å². The molecule has 0 saturated heterocycles. The molecule has 4 heterocycles. The van der Waals surface area contributed by atoms with Gasteiger partial charge >= 0.3 is 0 Å². The van der Waals surface area contributed by atoms with E-state index in [-0.39, 0.29) is 16.7 Å². The summed E-state index contributed by atoms with van der Waals surface area (Å²) in [5.74, 6) is 1.01. The van der Waals surface area contributed by atoms with Gasteiger partial charge in [-0.2, -0.15) is 0 Å². The Morgan fingerprint density at radius 2 is 0.778 bits per heavy atom. The second-order valence-corrected chi connectivity index (χ2v) is 5.63. The summed E-state index contributed by atoms with van der Waals surface area (Å²) in [6.45, 7) is 0. The Bertz CT molecular complexity index is 1070. The number of aromatic amines is 3. The molecule has 132 valence electrons. The summed E-state index contributed by atoms with van der Waals surface area (Å²) < 4.78 is 0. The highest BCUT2D eigenvalue weighted by Crippen LogP contribution is 2.22. The Kier molecular flexibility index (Phi) is 4.01. The van der Waals surface area contributed by atoms with Gasteiger partial charge in [0, 0.05) is 53.5 Å². The van der Waals surface area contributed by atoms with Gasteiger partial charge in [0.1, 0.15) is 0 Å². The molecule has 4 aromatic rings. The van der Waals surface area contributed by atoms with E-state index in [1.54, 1.807) is 18.2 Å². The molecule has 0 fully saturated rings. The zero-order valence-electron chi connectivity index (χ0n) is 13.8. The number of nitrogens with one attached hydrogen (secondary N) is 3. The maximum Gasteiger partial charge on any atom is 0.247 e. The third-order valence-corrected chi connectivity index (χ3v) is 3.76. The van der Waals surface area contributed by atoms with E-state index in [2.05, 4.69) is 29.9 Å². The molecular weight excluding hydrogens is 348 g/mol. The molecule has 0 aliphatic carbocycles. The zero-order chi connectivity index (χ0) is 18.8. The van der Waals surface area contributed by atoms with Crippen LogP contribution in [0.5, 0.6) is 0 Å². The molecule has 9 heteroatoms. The molecular formula is C18H12N6O3. The number of H-pyrrole nitrogens is 3. The third-order valence-electron chi connectivity index (χ3n) is 3.76. The van der Waals surface area contributed by atoms with Gasteiger partial charge < -0.3 is 15.0 Å². The lowest BCUT2D eigenvalue weighted by molar-refractivity contribution is 1.06. The smallest absolute Gasteiger partial charge is 0.247 e. The van der Waals surface area contributed by atoms with Crippen molar-refractivity contribution in [2.75, 3.05) is 0 Å². The van der Waals surface area contributed by atoms with Crippen LogP contribution < -0.4 is 16.7 Å². The summed E-state index contributed by atoms with van der Waals surface area (Å²) in [5, 5.41) is 0. The Balaban J connectivity index is 1.92. The highest BCUT2D eigenvalue weighted by Gasteiger charge is 2.12. The largest absolute Gasteiger partial charge is 0.328 e. The Morgan fingerprint density at radius 1 is 0.481 bits per heavy atom. The fraction of sp³-hybridized carbons (Fsp3) is 0. The summed E-state index contributed by atoms with van der Waals surface area (Å²) >= 11 is 0. The van der Waals surface area contributed by atoms with Gasteiger partial charge in [0.05, 0.1) is 0 Å². The molecule has 0 spiro atoms. The minimum Gasteiger partial charge on any atom is -0.328 e. The first-order valence-corrected chi connectivity index (χ1v) is 7.92. The first-order chi connectivity index (χ1) is 13.1. The van der Waals surface area contributed by atoms with E-state index in [9.17, 15) is 14.4 Å². The lowest BCUT2D eigenvalue weighted by Crippen LogP contribution is -2.07. The SMILES string of the molecule is O=c1ccc(-c2nc(-c3ccc(=O)[nH]c3)nc(-c3ccc(=O)[nH]c3)n2)c[nH]1. The van der Waals surface area contributed by atoms with Crippen LogP contribution in [0.4, 0.5) is 0 Å². The highest BCUT2D eigenvalue weighted by molar-refractivity contribution is 5.65. The lowest BCUT2D eigenvalue weighted by Gasteiger charge is -2.07. The van der Waals surface area contributed by atoms with Crippen molar-refractivity contribution >= 4 is 0 Å². The van der Waals surface area contributed by atoms with Crippen LogP contribution in [0, 0.1) is 0 Å². The molecule has 0 saturated carbocycles. The standard InChI is InChI=1S/C18H12N6O3/c25-13-4-1-10(7-19-13)16-22-17(11-2-5-14(26)20-8-11)24-18(23-16)12-3-6-15(27)21-9-12/h1-9H,(H,19,25)(H,20,26)(H,21,27). The molecule has 0 radical (unpaired) electrons. The van der Waals surface area contributed by atoms with Crippen LogP contribution in [0.15, 0.2) is 69.4 Å². The summed E-state index contributed by atoms with van der Waals surface area (Å²) in [6.07, 6.45) is 4.51. The van der Waals surface area contributed by atoms with Gasteiger partial charge in [-0.05, 0) is 18.2 Å². The number of hydrogen-bond acceptors (Lipinski definition) is 6. The molecule has 27 heavy (non-hydrogen) atoms. The molecule has 0 bridgehead atoms. The van der Waals surface area contributed by atoms with Crippen LogP contribution in [-0.2, 0) is 0 Å². The van der Waals surface area contributed by atoms with Crippen LogP contribution in [-0.4, -0.2) is 29.9 Å². The molecule has 0 aliphatic rings. The van der Waals surface area contributed by atoms with Gasteiger partial charge in [0.25, 0.3) is 0 Å². The molecule has 0 atom stereocenters. The van der Waals surface area contributed by atoms with Crippen LogP contribution in [0.1, 0.15) is 0 Å². The van der Waals surface area contributed by atoms with Crippen molar-refractivity contribution in [1.29, 1.82) is 0 Å². The van der Waals surface area contributed by atoms with Crippen molar-refractivity contribution in [3.8, 4) is 34.2 Å². The van der Waals surface area contributed by atoms with Crippen LogP contribution >= 0.6 is 0 Å². The van der Waals surface area contributed by atoms with E-state index in [0.717, 1.165) is 0 Å². The van der Waals surface area contributed by atoms with Crippen molar-refractivity contribution in [2.24, 2.45) is 0 Å². The van der Waals surface area contributed by atoms with Crippen molar-refractivity contribution < 1.29 is 0 Å². The molecule has 0 aromatic carbocycles. The third kappa shape index (κ3) is 3.47. The van der Waals surface area contributed by atoms with E-state index in [0.29, 0.717) is 34.2 Å². The number of rotatable bonds is 3. The van der Waals surface area contributed by atoms with E-state index >= 15 is 0 Å². The lowest BCUT2D eigenvalue weighted by atomic mass is 10.2. The summed E-state index contributed by atoms with van der Waals surface area (Å²) in [5.41, 5.74) is 1.05. The first kappa shape index (κ1) is 16.3. The number of nitrogens with zero attached hydrogens (tertiary/aromatic N) is 3. The van der Waals surface area contributed by atoms with E-state index < -0.39 is 0 Å². The minimum atomic E-state index is -0.241. The summed E-state index contributed by atoms with van der Waals surface area (Å²) in [6, 6.07) is 8.92. The van der Waals surface area contributed by atoms with Gasteiger partial charge in [0.2, 0.25) is 16.7 Å². The van der Waals surface area contributed by atoms with E-state index in [1.807, 2.05) is 0 Å². The molecule has 0 amide bonds. The second kappa shape index (κ2) is 6.64. The van der Waals surface area contributed by atoms with Crippen LogP contribution in [0.2, 0.25) is 0 Å². The zero-order valence-corrected chi connectivity index (χ0v) is 13.8. The number of aromatic nitrogens is 6. The van der Waals surface area contributed by atoms with E-state index in [1.165, 1.54) is 36.8 Å². The van der Waals surface area contributed by atoms with Gasteiger partial charge in [-0.25, -0.2) is 15.0 Å². The van der Waals surface area contributed by atoms with Crippen molar-refractivity contribution in [2.45, 2.75) is 0 Å². The average molecular weight is 360 g/mol. The quantitative estimate of drug-likeness (QED) is 0.497. The Morgan fingerprint density at radius 3 is 1.00 bits per heavy atom. The normalized spacial score (nSPS) is 10.7. The van der Waals surface area contributed by atoms with Gasteiger partial charge in [-0.3, -0.25) is 14.4 Å². The predicted octanol–water partition coefficient (Wildman–Crippen LogP) is 0.938. The fourth-order valence-electron chi connectivity index (χ4n) is 2.41. The Labute approximate surface area is 150 Å². The van der Waals surface area contributed by atoms with Gasteiger partial charge in [-0.15, -0.1) is 0 Å². The van der Waals surface area contributed by atoms with Crippen LogP contribution in [0.25, 0.3) is 34.2 Å². The second-order valence-electron chi connectivity index (χ2n) is 5.63. The molecule has 0 unspecified atom stereocenters. The maximum absolute atomic E-state index is 11.3. The summed E-state index contributed by atoms with van der Waals surface area (Å²) in [7, 11) is 0. The molecule has 3 N–H and O–H groups in total. The predicted molar refractivity (Wildman–Crippen MR) is 98.0 cm³/mol. The monoisotopic (exact) mass is 360 g/mol. The van der Waals surface area contributed by atoms with Crippen molar-refractivity contribution in [1.82, 2.24) is 29.9 Å². The molecule has 9 nitrogen and oxygen atoms in total. The first-order valence-electron chi connectivity index (χ1n) is 7.92.